The molecule has 1 atom stereocenters. The number of aromatic nitrogens is 1. The van der Waals surface area contributed by atoms with Crippen molar-refractivity contribution in [1.82, 2.24) is 9.88 Å². The van der Waals surface area contributed by atoms with Crippen molar-refractivity contribution >= 4 is 17.4 Å². The number of ketones is 1. The molecule has 0 radical (unpaired) electrons. The van der Waals surface area contributed by atoms with Gasteiger partial charge in [0.15, 0.2) is 11.5 Å². The molecule has 8 nitrogen and oxygen atoms in total. The van der Waals surface area contributed by atoms with E-state index in [1.165, 1.54) is 18.1 Å². The number of ether oxygens (including phenoxy) is 2. The van der Waals surface area contributed by atoms with E-state index in [-0.39, 0.29) is 29.4 Å². The topological polar surface area (TPSA) is 109 Å². The van der Waals surface area contributed by atoms with E-state index in [4.69, 9.17) is 9.47 Å². The van der Waals surface area contributed by atoms with Gasteiger partial charge in [0.25, 0.3) is 11.7 Å². The van der Waals surface area contributed by atoms with Gasteiger partial charge in [-0.05, 0) is 54.4 Å². The molecule has 1 fully saturated rings. The van der Waals surface area contributed by atoms with Gasteiger partial charge in [0, 0.05) is 24.5 Å². The van der Waals surface area contributed by atoms with E-state index in [2.05, 4.69) is 4.98 Å². The predicted molar refractivity (Wildman–Crippen MR) is 124 cm³/mol. The Balaban J connectivity index is 1.88. The van der Waals surface area contributed by atoms with Crippen molar-refractivity contribution in [2.75, 3.05) is 13.7 Å². The lowest BCUT2D eigenvalue weighted by Gasteiger charge is -2.26. The molecule has 0 saturated carbocycles. The minimum absolute atomic E-state index is 0.0551. The normalized spacial score (nSPS) is 17.1. The number of phenols is 1. The van der Waals surface area contributed by atoms with Crippen LogP contribution < -0.4 is 9.47 Å². The molecule has 34 heavy (non-hydrogen) atoms. The van der Waals surface area contributed by atoms with Crippen LogP contribution in [0.1, 0.15) is 29.7 Å². The Bertz CT molecular complexity index is 1260. The van der Waals surface area contributed by atoms with Crippen molar-refractivity contribution < 1.29 is 29.3 Å². The van der Waals surface area contributed by atoms with Crippen molar-refractivity contribution in [3.05, 3.63) is 89.3 Å². The Labute approximate surface area is 196 Å². The number of Topliss-reactive ketones (excluding diaryl/α,β-unsaturated/α-hetero) is 1. The fourth-order valence-electron chi connectivity index (χ4n) is 3.99. The van der Waals surface area contributed by atoms with Gasteiger partial charge in [0.2, 0.25) is 0 Å². The average molecular weight is 460 g/mol. The molecule has 4 rings (SSSR count). The molecule has 2 aromatic carbocycles. The second-order valence-corrected chi connectivity index (χ2v) is 7.67. The Kier molecular flexibility index (Phi) is 6.49. The van der Waals surface area contributed by atoms with Crippen LogP contribution in [0.5, 0.6) is 17.2 Å². The van der Waals surface area contributed by atoms with Gasteiger partial charge in [0.05, 0.1) is 25.3 Å². The zero-order valence-corrected chi connectivity index (χ0v) is 18.8. The number of hydrogen-bond donors (Lipinski definition) is 2. The fraction of sp³-hybridized carbons (Fsp3) is 0.192. The molecule has 3 aromatic rings. The van der Waals surface area contributed by atoms with E-state index in [9.17, 15) is 19.8 Å². The van der Waals surface area contributed by atoms with Gasteiger partial charge in [-0.1, -0.05) is 18.2 Å². The smallest absolute Gasteiger partial charge is 0.295 e. The lowest BCUT2D eigenvalue weighted by molar-refractivity contribution is -0.140. The first-order valence-electron chi connectivity index (χ1n) is 10.7. The zero-order chi connectivity index (χ0) is 24.2. The number of hydrogen-bond acceptors (Lipinski definition) is 7. The maximum absolute atomic E-state index is 13.2. The van der Waals surface area contributed by atoms with E-state index < -0.39 is 17.7 Å². The number of phenolic OH excluding ortho intramolecular Hbond substituents is 1. The highest BCUT2D eigenvalue weighted by Gasteiger charge is 2.46. The molecule has 1 aliphatic rings. The second kappa shape index (κ2) is 9.66. The van der Waals surface area contributed by atoms with E-state index in [0.29, 0.717) is 23.5 Å². The number of carbonyl (C=O) groups excluding carboxylic acids is 2. The summed E-state index contributed by atoms with van der Waals surface area (Å²) in [6.07, 6.45) is 3.20. The summed E-state index contributed by atoms with van der Waals surface area (Å²) >= 11 is 0. The van der Waals surface area contributed by atoms with Crippen LogP contribution in [0.25, 0.3) is 5.76 Å². The first kappa shape index (κ1) is 22.8. The SMILES string of the molecule is CCOc1cccc(C(O)=C2C(=O)C(=O)N(Cc3ccncc3)C2c2ccc(O)c(OC)c2)c1. The van der Waals surface area contributed by atoms with Gasteiger partial charge >= 0.3 is 0 Å². The molecule has 1 unspecified atom stereocenters. The number of nitrogens with zero attached hydrogens (tertiary/aromatic N) is 2. The molecule has 0 spiro atoms. The van der Waals surface area contributed by atoms with Gasteiger partial charge in [-0.3, -0.25) is 14.6 Å². The summed E-state index contributed by atoms with van der Waals surface area (Å²) < 4.78 is 10.7. The van der Waals surface area contributed by atoms with E-state index in [1.54, 1.807) is 60.9 Å². The van der Waals surface area contributed by atoms with Crippen LogP contribution in [0.15, 0.2) is 72.6 Å². The lowest BCUT2D eigenvalue weighted by Crippen LogP contribution is -2.29. The third-order valence-corrected chi connectivity index (χ3v) is 5.58. The number of benzene rings is 2. The van der Waals surface area contributed by atoms with Crippen molar-refractivity contribution in [2.45, 2.75) is 19.5 Å². The van der Waals surface area contributed by atoms with Crippen LogP contribution in [0.3, 0.4) is 0 Å². The van der Waals surface area contributed by atoms with Crippen LogP contribution in [0, 0.1) is 0 Å². The largest absolute Gasteiger partial charge is 0.507 e. The minimum Gasteiger partial charge on any atom is -0.507 e. The summed E-state index contributed by atoms with van der Waals surface area (Å²) in [6.45, 7) is 2.40. The first-order valence-corrected chi connectivity index (χ1v) is 10.7. The molecule has 1 aromatic heterocycles. The third kappa shape index (κ3) is 4.30. The van der Waals surface area contributed by atoms with Crippen molar-refractivity contribution in [3.8, 4) is 17.2 Å². The predicted octanol–water partition coefficient (Wildman–Crippen LogP) is 3.82. The van der Waals surface area contributed by atoms with Gasteiger partial charge in [-0.25, -0.2) is 0 Å². The summed E-state index contributed by atoms with van der Waals surface area (Å²) in [5, 5.41) is 21.3. The third-order valence-electron chi connectivity index (χ3n) is 5.58. The quantitative estimate of drug-likeness (QED) is 0.313. The highest BCUT2D eigenvalue weighted by molar-refractivity contribution is 6.46. The Hall–Kier alpha value is -4.33. The Morgan fingerprint density at radius 1 is 1.09 bits per heavy atom. The van der Waals surface area contributed by atoms with E-state index in [0.717, 1.165) is 5.56 Å². The number of aliphatic hydroxyl groups excluding tert-OH is 1. The molecule has 1 aliphatic heterocycles. The van der Waals surface area contributed by atoms with Crippen LogP contribution in [0.2, 0.25) is 0 Å². The number of rotatable bonds is 7. The van der Waals surface area contributed by atoms with E-state index >= 15 is 0 Å². The molecule has 2 N–H and O–H groups in total. The molecular weight excluding hydrogens is 436 g/mol. The molecule has 1 saturated heterocycles. The molecule has 1 amide bonds. The van der Waals surface area contributed by atoms with Crippen LogP contribution in [-0.2, 0) is 16.1 Å². The van der Waals surface area contributed by atoms with Gasteiger partial charge in [-0.2, -0.15) is 0 Å². The van der Waals surface area contributed by atoms with Crippen molar-refractivity contribution in [1.29, 1.82) is 0 Å². The molecular formula is C26H24N2O6. The van der Waals surface area contributed by atoms with Gasteiger partial charge in [-0.15, -0.1) is 0 Å². The maximum atomic E-state index is 13.2. The first-order chi connectivity index (χ1) is 16.4. The van der Waals surface area contributed by atoms with Gasteiger partial charge in [0.1, 0.15) is 11.5 Å². The van der Waals surface area contributed by atoms with Gasteiger partial charge < -0.3 is 24.6 Å². The molecule has 0 bridgehead atoms. The summed E-state index contributed by atoms with van der Waals surface area (Å²) in [5.41, 5.74) is 1.57. The average Bonchev–Trinajstić information content (AvgIpc) is 3.10. The number of aromatic hydroxyl groups is 1. The van der Waals surface area contributed by atoms with Crippen molar-refractivity contribution in [3.63, 3.8) is 0 Å². The highest BCUT2D eigenvalue weighted by atomic mass is 16.5. The standard InChI is InChI=1S/C26H24N2O6/c1-3-34-19-6-4-5-18(13-19)24(30)22-23(17-7-8-20(29)21(14-17)33-2)28(26(32)25(22)31)15-16-9-11-27-12-10-16/h4-14,23,29-30H,3,15H2,1-2H3. The number of pyridine rings is 1. The maximum Gasteiger partial charge on any atom is 0.295 e. The van der Waals surface area contributed by atoms with Crippen molar-refractivity contribution in [2.24, 2.45) is 0 Å². The summed E-state index contributed by atoms with van der Waals surface area (Å²) in [6, 6.07) is 13.9. The Morgan fingerprint density at radius 2 is 1.85 bits per heavy atom. The highest BCUT2D eigenvalue weighted by Crippen LogP contribution is 2.42. The molecule has 174 valence electrons. The van der Waals surface area contributed by atoms with Crippen LogP contribution in [0.4, 0.5) is 0 Å². The van der Waals surface area contributed by atoms with E-state index in [1.807, 2.05) is 6.92 Å². The van der Waals surface area contributed by atoms with Crippen LogP contribution in [-0.4, -0.2) is 45.5 Å². The van der Waals surface area contributed by atoms with Crippen LogP contribution >= 0.6 is 0 Å². The number of likely N-dealkylation sites (tertiary alicyclic amines) is 1. The minimum atomic E-state index is -0.904. The zero-order valence-electron chi connectivity index (χ0n) is 18.8. The number of carbonyl (C=O) groups is 2. The molecule has 2 heterocycles. The fourth-order valence-corrected chi connectivity index (χ4v) is 3.99. The summed E-state index contributed by atoms with van der Waals surface area (Å²) in [7, 11) is 1.41. The summed E-state index contributed by atoms with van der Waals surface area (Å²) in [4.78, 5) is 31.7. The second-order valence-electron chi connectivity index (χ2n) is 7.67. The molecule has 8 heteroatoms. The number of aliphatic hydroxyl groups is 1. The Morgan fingerprint density at radius 3 is 2.56 bits per heavy atom. The number of methoxy groups -OCH3 is 1. The lowest BCUT2D eigenvalue weighted by atomic mass is 9.94. The molecule has 0 aliphatic carbocycles. The number of amides is 1. The monoisotopic (exact) mass is 460 g/mol. The summed E-state index contributed by atoms with van der Waals surface area (Å²) in [5.74, 6) is -1.22.